The van der Waals surface area contributed by atoms with Gasteiger partial charge in [-0.3, -0.25) is 5.32 Å². The number of rotatable bonds is 1. The summed E-state index contributed by atoms with van der Waals surface area (Å²) in [5, 5.41) is 3.61. The van der Waals surface area contributed by atoms with Crippen molar-refractivity contribution in [2.75, 3.05) is 5.75 Å². The fourth-order valence-electron chi connectivity index (χ4n) is 1.13. The van der Waals surface area contributed by atoms with Crippen molar-refractivity contribution < 1.29 is 0 Å². The van der Waals surface area contributed by atoms with Crippen LogP contribution in [-0.2, 0) is 0 Å². The van der Waals surface area contributed by atoms with E-state index in [1.165, 1.54) is 0 Å². The Balaban J connectivity index is 2.44. The standard InChI is InChI=1S/C7H13Cl2NS/c1-4(2)6-7(9)10-5(8)3-11-6/h4-7,10H,3H2,1-2H3. The van der Waals surface area contributed by atoms with E-state index < -0.39 is 0 Å². The van der Waals surface area contributed by atoms with Gasteiger partial charge in [0.1, 0.15) is 0 Å². The zero-order chi connectivity index (χ0) is 8.43. The van der Waals surface area contributed by atoms with E-state index in [2.05, 4.69) is 19.2 Å². The third-order valence-corrected chi connectivity index (χ3v) is 4.46. The molecule has 11 heavy (non-hydrogen) atoms. The highest BCUT2D eigenvalue weighted by molar-refractivity contribution is 8.00. The van der Waals surface area contributed by atoms with Gasteiger partial charge in [0.15, 0.2) is 0 Å². The molecular weight excluding hydrogens is 201 g/mol. The molecule has 1 fully saturated rings. The number of hydrogen-bond donors (Lipinski definition) is 1. The van der Waals surface area contributed by atoms with Gasteiger partial charge in [-0.1, -0.05) is 13.8 Å². The van der Waals surface area contributed by atoms with E-state index in [9.17, 15) is 0 Å². The van der Waals surface area contributed by atoms with Crippen LogP contribution >= 0.6 is 35.0 Å². The lowest BCUT2D eigenvalue weighted by Crippen LogP contribution is -2.46. The molecule has 0 spiro atoms. The molecule has 3 atom stereocenters. The van der Waals surface area contributed by atoms with Gasteiger partial charge in [0, 0.05) is 11.0 Å². The number of hydrogen-bond acceptors (Lipinski definition) is 2. The van der Waals surface area contributed by atoms with Gasteiger partial charge < -0.3 is 0 Å². The summed E-state index contributed by atoms with van der Waals surface area (Å²) in [5.41, 5.74) is 0.0637. The molecule has 0 radical (unpaired) electrons. The van der Waals surface area contributed by atoms with Crippen LogP contribution in [-0.4, -0.2) is 22.0 Å². The van der Waals surface area contributed by atoms with Crippen molar-refractivity contribution in [3.8, 4) is 0 Å². The third kappa shape index (κ3) is 2.69. The number of alkyl halides is 2. The second-order valence-electron chi connectivity index (χ2n) is 3.08. The highest BCUT2D eigenvalue weighted by Gasteiger charge is 2.29. The predicted octanol–water partition coefficient (Wildman–Crippen LogP) is 2.48. The van der Waals surface area contributed by atoms with Crippen LogP contribution in [0.5, 0.6) is 0 Å². The summed E-state index contributed by atoms with van der Waals surface area (Å²) in [4.78, 5) is 0. The SMILES string of the molecule is CC(C)C1SCC(Cl)NC1Cl. The third-order valence-electron chi connectivity index (χ3n) is 1.72. The summed E-state index contributed by atoms with van der Waals surface area (Å²) in [7, 11) is 0. The van der Waals surface area contributed by atoms with Crippen molar-refractivity contribution in [3.05, 3.63) is 0 Å². The molecule has 1 aliphatic heterocycles. The van der Waals surface area contributed by atoms with Crippen molar-refractivity contribution >= 4 is 35.0 Å². The normalized spacial score (nSPS) is 39.5. The Morgan fingerprint density at radius 2 is 2.09 bits per heavy atom. The minimum Gasteiger partial charge on any atom is -0.284 e. The molecule has 66 valence electrons. The monoisotopic (exact) mass is 213 g/mol. The average Bonchev–Trinajstić information content (AvgIpc) is 1.85. The van der Waals surface area contributed by atoms with Crippen molar-refractivity contribution in [2.45, 2.75) is 30.1 Å². The zero-order valence-electron chi connectivity index (χ0n) is 6.68. The van der Waals surface area contributed by atoms with Crippen LogP contribution in [0.3, 0.4) is 0 Å². The van der Waals surface area contributed by atoms with Crippen molar-refractivity contribution in [1.82, 2.24) is 5.32 Å². The first-order valence-corrected chi connectivity index (χ1v) is 5.69. The number of nitrogens with one attached hydrogen (secondary N) is 1. The van der Waals surface area contributed by atoms with E-state index >= 15 is 0 Å². The molecule has 4 heteroatoms. The van der Waals surface area contributed by atoms with Gasteiger partial charge in [-0.05, 0) is 5.92 Å². The topological polar surface area (TPSA) is 12.0 Å². The van der Waals surface area contributed by atoms with E-state index in [0.29, 0.717) is 11.2 Å². The lowest BCUT2D eigenvalue weighted by atomic mass is 10.1. The number of halogens is 2. The zero-order valence-corrected chi connectivity index (χ0v) is 9.01. The van der Waals surface area contributed by atoms with Crippen LogP contribution in [0.1, 0.15) is 13.8 Å². The molecule has 0 aliphatic carbocycles. The Labute approximate surface area is 82.2 Å². The van der Waals surface area contributed by atoms with Gasteiger partial charge in [-0.2, -0.15) is 11.8 Å². The van der Waals surface area contributed by atoms with Gasteiger partial charge in [0.25, 0.3) is 0 Å². The van der Waals surface area contributed by atoms with Crippen molar-refractivity contribution in [3.63, 3.8) is 0 Å². The van der Waals surface area contributed by atoms with Gasteiger partial charge in [-0.25, -0.2) is 0 Å². The average molecular weight is 214 g/mol. The molecule has 1 aliphatic rings. The molecule has 1 N–H and O–H groups in total. The maximum Gasteiger partial charge on any atom is 0.0959 e. The molecule has 3 unspecified atom stereocenters. The van der Waals surface area contributed by atoms with Crippen LogP contribution < -0.4 is 5.32 Å². The largest absolute Gasteiger partial charge is 0.284 e. The fourth-order valence-corrected chi connectivity index (χ4v) is 3.33. The Kier molecular flexibility index (Phi) is 3.83. The van der Waals surface area contributed by atoms with E-state index in [1.54, 1.807) is 0 Å². The van der Waals surface area contributed by atoms with Crippen molar-refractivity contribution in [2.24, 2.45) is 5.92 Å². The Hall–Kier alpha value is 0.890. The van der Waals surface area contributed by atoms with E-state index in [1.807, 2.05) is 11.8 Å². The van der Waals surface area contributed by atoms with Crippen LogP contribution in [0.2, 0.25) is 0 Å². The Morgan fingerprint density at radius 1 is 1.45 bits per heavy atom. The minimum absolute atomic E-state index is 0.0243. The molecule has 0 aromatic carbocycles. The summed E-state index contributed by atoms with van der Waals surface area (Å²) >= 11 is 13.8. The molecule has 1 rings (SSSR count). The highest BCUT2D eigenvalue weighted by atomic mass is 35.5. The molecule has 0 bridgehead atoms. The maximum absolute atomic E-state index is 6.06. The van der Waals surface area contributed by atoms with E-state index in [4.69, 9.17) is 23.2 Å². The van der Waals surface area contributed by atoms with Crippen LogP contribution in [0, 0.1) is 5.92 Å². The summed E-state index contributed by atoms with van der Waals surface area (Å²) < 4.78 is 0. The Morgan fingerprint density at radius 3 is 2.55 bits per heavy atom. The molecule has 1 saturated heterocycles. The molecular formula is C7H13Cl2NS. The molecule has 0 aromatic rings. The smallest absolute Gasteiger partial charge is 0.0959 e. The minimum atomic E-state index is 0.0243. The first kappa shape index (κ1) is 9.97. The molecule has 0 saturated carbocycles. The second-order valence-corrected chi connectivity index (χ2v) is 5.29. The lowest BCUT2D eigenvalue weighted by Gasteiger charge is -2.33. The molecule has 0 amide bonds. The fraction of sp³-hybridized carbons (Fsp3) is 1.00. The quantitative estimate of drug-likeness (QED) is 0.531. The Bertz CT molecular complexity index is 132. The molecule has 0 aromatic heterocycles. The van der Waals surface area contributed by atoms with E-state index in [-0.39, 0.29) is 11.0 Å². The summed E-state index contributed by atoms with van der Waals surface area (Å²) in [6, 6.07) is 0. The summed E-state index contributed by atoms with van der Waals surface area (Å²) in [5.74, 6) is 1.56. The van der Waals surface area contributed by atoms with Gasteiger partial charge in [-0.15, -0.1) is 23.2 Å². The first-order chi connectivity index (χ1) is 5.11. The maximum atomic E-state index is 6.06. The molecule has 1 nitrogen and oxygen atoms in total. The van der Waals surface area contributed by atoms with Gasteiger partial charge in [0.2, 0.25) is 0 Å². The second kappa shape index (κ2) is 4.22. The van der Waals surface area contributed by atoms with Gasteiger partial charge in [0.05, 0.1) is 11.0 Å². The molecule has 1 heterocycles. The van der Waals surface area contributed by atoms with Crippen molar-refractivity contribution in [1.29, 1.82) is 0 Å². The summed E-state index contributed by atoms with van der Waals surface area (Å²) in [6.07, 6.45) is 0. The summed E-state index contributed by atoms with van der Waals surface area (Å²) in [6.45, 7) is 4.37. The van der Waals surface area contributed by atoms with Gasteiger partial charge >= 0.3 is 0 Å². The van der Waals surface area contributed by atoms with E-state index in [0.717, 1.165) is 5.75 Å². The predicted molar refractivity (Wildman–Crippen MR) is 53.5 cm³/mol. The first-order valence-electron chi connectivity index (χ1n) is 3.77. The lowest BCUT2D eigenvalue weighted by molar-refractivity contribution is 0.502. The van der Waals surface area contributed by atoms with Crippen LogP contribution in [0.25, 0.3) is 0 Å². The van der Waals surface area contributed by atoms with Crippen LogP contribution in [0.15, 0.2) is 0 Å². The number of thioether (sulfide) groups is 1. The van der Waals surface area contributed by atoms with Crippen LogP contribution in [0.4, 0.5) is 0 Å². The highest BCUT2D eigenvalue weighted by Crippen LogP contribution is 2.30.